The van der Waals surface area contributed by atoms with Gasteiger partial charge < -0.3 is 0 Å². The molecule has 0 nitrogen and oxygen atoms in total. The summed E-state index contributed by atoms with van der Waals surface area (Å²) in [6.07, 6.45) is 9.16. The molecule has 4 bridgehead atoms. The van der Waals surface area contributed by atoms with Gasteiger partial charge in [-0.2, -0.15) is 0 Å². The third kappa shape index (κ3) is 1.57. The molecule has 21 heavy (non-hydrogen) atoms. The summed E-state index contributed by atoms with van der Waals surface area (Å²) in [5.74, 6) is 2.05. The van der Waals surface area contributed by atoms with Gasteiger partial charge in [-0.15, -0.1) is 8.58 Å². The number of fused-ring (bicyclic) bond motifs is 4. The molecule has 0 N–H and O–H groups in total. The first-order valence-electron chi connectivity index (χ1n) is 9.39. The molecule has 0 aromatic rings. The number of hydrogen-bond acceptors (Lipinski definition) is 0. The Hall–Kier alpha value is 0.430. The first kappa shape index (κ1) is 15.0. The lowest BCUT2D eigenvalue weighted by Gasteiger charge is -2.45. The highest BCUT2D eigenvalue weighted by Gasteiger charge is 2.65. The highest BCUT2D eigenvalue weighted by Crippen LogP contribution is 2.75. The van der Waals surface area contributed by atoms with Crippen LogP contribution in [-0.2, 0) is 0 Å². The summed E-state index contributed by atoms with van der Waals surface area (Å²) in [6.45, 7) is 15.6. The van der Waals surface area contributed by atoms with Crippen molar-refractivity contribution < 1.29 is 0 Å². The van der Waals surface area contributed by atoms with E-state index in [4.69, 9.17) is 0 Å². The van der Waals surface area contributed by atoms with Gasteiger partial charge in [0.15, 0.2) is 0 Å². The Morgan fingerprint density at radius 1 is 0.667 bits per heavy atom. The van der Waals surface area contributed by atoms with Crippen LogP contribution in [0, 0.1) is 33.5 Å². The smallest absolute Gasteiger partial charge is 0.0172 e. The molecule has 0 radical (unpaired) electrons. The molecule has 0 amide bonds. The van der Waals surface area contributed by atoms with E-state index in [0.717, 1.165) is 23.2 Å². The van der Waals surface area contributed by atoms with Crippen molar-refractivity contribution in [1.82, 2.24) is 0 Å². The van der Waals surface area contributed by atoms with Crippen molar-refractivity contribution in [3.8, 4) is 0 Å². The van der Waals surface area contributed by atoms with Crippen molar-refractivity contribution in [1.29, 1.82) is 0 Å². The normalized spacial score (nSPS) is 56.9. The van der Waals surface area contributed by atoms with Crippen molar-refractivity contribution in [2.45, 2.75) is 91.4 Å². The Labute approximate surface area is 134 Å². The molecule has 4 saturated carbocycles. The number of rotatable bonds is 2. The lowest BCUT2D eigenvalue weighted by Crippen LogP contribution is -2.38. The second-order valence-electron chi connectivity index (χ2n) is 10.5. The lowest BCUT2D eigenvalue weighted by molar-refractivity contribution is 0.148. The fourth-order valence-electron chi connectivity index (χ4n) is 7.15. The summed E-state index contributed by atoms with van der Waals surface area (Å²) >= 11 is 0. The Morgan fingerprint density at radius 2 is 1.05 bits per heavy atom. The molecule has 4 fully saturated rings. The molecule has 0 aromatic heterocycles. The first-order valence-corrected chi connectivity index (χ1v) is 10.5. The quantitative estimate of drug-likeness (QED) is 0.541. The molecule has 120 valence electrons. The largest absolute Gasteiger partial charge is 0.115 e. The summed E-state index contributed by atoms with van der Waals surface area (Å²) in [4.78, 5) is 0. The summed E-state index contributed by atoms with van der Waals surface area (Å²) in [5.41, 5.74) is 4.61. The van der Waals surface area contributed by atoms with E-state index < -0.39 is 0 Å². The van der Waals surface area contributed by atoms with E-state index in [1.54, 1.807) is 12.8 Å². The Morgan fingerprint density at radius 3 is 1.29 bits per heavy atom. The van der Waals surface area contributed by atoms with E-state index in [-0.39, 0.29) is 0 Å². The monoisotopic (exact) mass is 306 g/mol. The Kier molecular flexibility index (Phi) is 2.92. The van der Waals surface area contributed by atoms with Crippen molar-refractivity contribution >= 4 is 8.58 Å². The standard InChI is InChI=1S/C20H35P/c1-17(2)13-7-9-19(17,5)15(11-13)21-16-12-14-8-10-20(16,6)18(14,3)4/h13-16,21H,7-12H2,1-6H3. The van der Waals surface area contributed by atoms with Crippen LogP contribution in [0.5, 0.6) is 0 Å². The van der Waals surface area contributed by atoms with E-state index in [1.807, 2.05) is 0 Å². The molecule has 4 rings (SSSR count). The van der Waals surface area contributed by atoms with Gasteiger partial charge in [-0.1, -0.05) is 41.5 Å². The van der Waals surface area contributed by atoms with Gasteiger partial charge in [0, 0.05) is 0 Å². The third-order valence-electron chi connectivity index (χ3n) is 9.99. The molecule has 0 aromatic carbocycles. The van der Waals surface area contributed by atoms with Crippen LogP contribution in [0.25, 0.3) is 0 Å². The summed E-state index contributed by atoms with van der Waals surface area (Å²) in [6, 6.07) is 0. The van der Waals surface area contributed by atoms with Crippen molar-refractivity contribution in [2.24, 2.45) is 33.5 Å². The molecule has 4 aliphatic carbocycles. The fraction of sp³-hybridized carbons (Fsp3) is 1.00. The van der Waals surface area contributed by atoms with E-state index in [1.165, 1.54) is 34.3 Å². The van der Waals surface area contributed by atoms with Crippen LogP contribution in [0.1, 0.15) is 80.1 Å². The van der Waals surface area contributed by atoms with Gasteiger partial charge in [-0.3, -0.25) is 0 Å². The number of hydrogen-bond donors (Lipinski definition) is 0. The van der Waals surface area contributed by atoms with Gasteiger partial charge in [-0.05, 0) is 83.3 Å². The minimum absolute atomic E-state index is 0.610. The topological polar surface area (TPSA) is 0 Å². The molecule has 0 heterocycles. The molecule has 0 saturated heterocycles. The zero-order valence-corrected chi connectivity index (χ0v) is 16.1. The molecule has 0 spiro atoms. The highest BCUT2D eigenvalue weighted by atomic mass is 31.1. The minimum atomic E-state index is 0.610. The van der Waals surface area contributed by atoms with Crippen LogP contribution < -0.4 is 0 Å². The average Bonchev–Trinajstić information content (AvgIpc) is 2.90. The maximum Gasteiger partial charge on any atom is -0.0172 e. The first-order chi connectivity index (χ1) is 9.63. The fourth-order valence-corrected chi connectivity index (χ4v) is 10.2. The van der Waals surface area contributed by atoms with Crippen LogP contribution in [0.2, 0.25) is 0 Å². The van der Waals surface area contributed by atoms with Crippen LogP contribution in [0.4, 0.5) is 0 Å². The van der Waals surface area contributed by atoms with Gasteiger partial charge in [0.25, 0.3) is 0 Å². The third-order valence-corrected chi connectivity index (χ3v) is 12.5. The van der Waals surface area contributed by atoms with Gasteiger partial charge in [-0.25, -0.2) is 0 Å². The van der Waals surface area contributed by atoms with Crippen molar-refractivity contribution in [2.75, 3.05) is 0 Å². The molecule has 4 aliphatic rings. The molecular weight excluding hydrogens is 271 g/mol. The molecule has 6 atom stereocenters. The van der Waals surface area contributed by atoms with Crippen LogP contribution in [-0.4, -0.2) is 11.3 Å². The van der Waals surface area contributed by atoms with E-state index in [2.05, 4.69) is 41.5 Å². The van der Waals surface area contributed by atoms with Gasteiger partial charge >= 0.3 is 0 Å². The van der Waals surface area contributed by atoms with Crippen molar-refractivity contribution in [3.63, 3.8) is 0 Å². The molecule has 0 aliphatic heterocycles. The van der Waals surface area contributed by atoms with Gasteiger partial charge in [0.2, 0.25) is 0 Å². The zero-order chi connectivity index (χ0) is 15.3. The average molecular weight is 306 g/mol. The molecular formula is C20H35P. The van der Waals surface area contributed by atoms with Crippen LogP contribution in [0.15, 0.2) is 0 Å². The second kappa shape index (κ2) is 4.09. The maximum atomic E-state index is 2.65. The second-order valence-corrected chi connectivity index (χ2v) is 12.2. The maximum absolute atomic E-state index is 2.65. The summed E-state index contributed by atoms with van der Waals surface area (Å²) < 4.78 is 0. The molecule has 1 heteroatoms. The molecule has 6 unspecified atom stereocenters. The SMILES string of the molecule is CC1(C)C2CCC1(C)C(PC1CC3CCC1(C)C3(C)C)C2. The lowest BCUT2D eigenvalue weighted by atomic mass is 9.70. The van der Waals surface area contributed by atoms with Gasteiger partial charge in [0.05, 0.1) is 0 Å². The van der Waals surface area contributed by atoms with Crippen molar-refractivity contribution in [3.05, 3.63) is 0 Å². The predicted octanol–water partition coefficient (Wildman–Crippen LogP) is 6.09. The summed E-state index contributed by atoms with van der Waals surface area (Å²) in [7, 11) is 1.25. The minimum Gasteiger partial charge on any atom is -0.115 e. The van der Waals surface area contributed by atoms with Gasteiger partial charge in [0.1, 0.15) is 0 Å². The van der Waals surface area contributed by atoms with E-state index in [9.17, 15) is 0 Å². The van der Waals surface area contributed by atoms with E-state index in [0.29, 0.717) is 21.7 Å². The van der Waals surface area contributed by atoms with E-state index >= 15 is 0 Å². The highest BCUT2D eigenvalue weighted by molar-refractivity contribution is 7.40. The van der Waals surface area contributed by atoms with Crippen LogP contribution in [0.3, 0.4) is 0 Å². The van der Waals surface area contributed by atoms with Crippen LogP contribution >= 0.6 is 8.58 Å². The summed E-state index contributed by atoms with van der Waals surface area (Å²) in [5, 5.41) is 0. The zero-order valence-electron chi connectivity index (χ0n) is 15.1. The Balaban J connectivity index is 1.57. The Bertz CT molecular complexity index is 422. The predicted molar refractivity (Wildman–Crippen MR) is 94.3 cm³/mol.